The van der Waals surface area contributed by atoms with Gasteiger partial charge in [-0.05, 0) is 43.5 Å². The fourth-order valence-electron chi connectivity index (χ4n) is 2.38. The number of phenols is 1. The molecule has 0 atom stereocenters. The van der Waals surface area contributed by atoms with Gasteiger partial charge in [0.05, 0.1) is 5.41 Å². The summed E-state index contributed by atoms with van der Waals surface area (Å²) in [5.41, 5.74) is 0.0411. The molecule has 1 aromatic rings. The normalized spacial score (nSPS) is 17.2. The second kappa shape index (κ2) is 6.13. The molecule has 1 amide bonds. The summed E-state index contributed by atoms with van der Waals surface area (Å²) in [7, 11) is 0. The number of aryl methyl sites for hydroxylation is 1. The van der Waals surface area contributed by atoms with Crippen molar-refractivity contribution in [3.05, 3.63) is 29.3 Å². The van der Waals surface area contributed by atoms with E-state index in [1.165, 1.54) is 12.1 Å². The fourth-order valence-corrected chi connectivity index (χ4v) is 2.38. The van der Waals surface area contributed by atoms with Crippen LogP contribution in [0.25, 0.3) is 0 Å². The number of carbonyl (C=O) groups is 2. The van der Waals surface area contributed by atoms with Crippen molar-refractivity contribution >= 4 is 11.9 Å². The molecule has 0 aliphatic carbocycles. The number of aromatic hydroxyl groups is 1. The molecule has 3 N–H and O–H groups in total. The van der Waals surface area contributed by atoms with Crippen molar-refractivity contribution in [3.8, 4) is 5.75 Å². The summed E-state index contributed by atoms with van der Waals surface area (Å²) in [6.45, 7) is 2.55. The monoisotopic (exact) mass is 293 g/mol. The van der Waals surface area contributed by atoms with E-state index in [1.807, 2.05) is 0 Å². The van der Waals surface area contributed by atoms with Gasteiger partial charge in [-0.1, -0.05) is 0 Å². The zero-order chi connectivity index (χ0) is 15.5. The molecule has 0 saturated carbocycles. The number of carboxylic acids is 1. The molecule has 1 aromatic carbocycles. The summed E-state index contributed by atoms with van der Waals surface area (Å²) in [4.78, 5) is 23.6. The summed E-state index contributed by atoms with van der Waals surface area (Å²) in [5, 5.41) is 21.5. The SMILES string of the molecule is Cc1cc(C(=O)NCC2(C(=O)O)CCOCC2)ccc1O. The van der Waals surface area contributed by atoms with Gasteiger partial charge in [-0.15, -0.1) is 0 Å². The lowest BCUT2D eigenvalue weighted by molar-refractivity contribution is -0.154. The highest BCUT2D eigenvalue weighted by molar-refractivity contribution is 5.95. The molecule has 21 heavy (non-hydrogen) atoms. The van der Waals surface area contributed by atoms with Gasteiger partial charge >= 0.3 is 5.97 Å². The van der Waals surface area contributed by atoms with Gasteiger partial charge in [0.1, 0.15) is 5.75 Å². The molecule has 114 valence electrons. The average Bonchev–Trinajstić information content (AvgIpc) is 2.48. The van der Waals surface area contributed by atoms with Crippen LogP contribution >= 0.6 is 0 Å². The van der Waals surface area contributed by atoms with E-state index in [2.05, 4.69) is 5.32 Å². The predicted octanol–water partition coefficient (Wildman–Crippen LogP) is 1.31. The maximum absolute atomic E-state index is 12.1. The molecule has 1 heterocycles. The summed E-state index contributed by atoms with van der Waals surface area (Å²) in [6, 6.07) is 4.53. The number of hydrogen-bond acceptors (Lipinski definition) is 4. The number of carbonyl (C=O) groups excluding carboxylic acids is 1. The highest BCUT2D eigenvalue weighted by Gasteiger charge is 2.40. The van der Waals surface area contributed by atoms with E-state index in [-0.39, 0.29) is 18.2 Å². The molecule has 0 aromatic heterocycles. The molecule has 1 saturated heterocycles. The van der Waals surface area contributed by atoms with Gasteiger partial charge in [0.2, 0.25) is 0 Å². The summed E-state index contributed by atoms with van der Waals surface area (Å²) < 4.78 is 5.19. The third-order valence-corrected chi connectivity index (χ3v) is 3.95. The number of amides is 1. The Morgan fingerprint density at radius 2 is 2.00 bits per heavy atom. The molecule has 0 unspecified atom stereocenters. The second-order valence-electron chi connectivity index (χ2n) is 5.38. The number of aliphatic carboxylic acids is 1. The van der Waals surface area contributed by atoms with E-state index in [9.17, 15) is 19.8 Å². The Morgan fingerprint density at radius 1 is 1.33 bits per heavy atom. The largest absolute Gasteiger partial charge is 0.508 e. The van der Waals surface area contributed by atoms with Crippen LogP contribution < -0.4 is 5.32 Å². The second-order valence-corrected chi connectivity index (χ2v) is 5.38. The highest BCUT2D eigenvalue weighted by Crippen LogP contribution is 2.30. The Labute approximate surface area is 122 Å². The smallest absolute Gasteiger partial charge is 0.311 e. The number of hydrogen-bond donors (Lipinski definition) is 3. The molecular weight excluding hydrogens is 274 g/mol. The number of nitrogens with one attached hydrogen (secondary N) is 1. The van der Waals surface area contributed by atoms with E-state index in [0.717, 1.165) is 0 Å². The number of benzene rings is 1. The Balaban J connectivity index is 2.05. The van der Waals surface area contributed by atoms with E-state index < -0.39 is 11.4 Å². The third-order valence-electron chi connectivity index (χ3n) is 3.95. The van der Waals surface area contributed by atoms with Crippen LogP contribution in [-0.2, 0) is 9.53 Å². The molecule has 1 fully saturated rings. The van der Waals surface area contributed by atoms with Crippen LogP contribution in [0.2, 0.25) is 0 Å². The first kappa shape index (κ1) is 15.3. The maximum atomic E-state index is 12.1. The molecule has 0 radical (unpaired) electrons. The lowest BCUT2D eigenvalue weighted by Gasteiger charge is -2.33. The molecule has 6 nitrogen and oxygen atoms in total. The van der Waals surface area contributed by atoms with Crippen LogP contribution in [0.3, 0.4) is 0 Å². The topological polar surface area (TPSA) is 95.9 Å². The van der Waals surface area contributed by atoms with Crippen LogP contribution in [0.1, 0.15) is 28.8 Å². The van der Waals surface area contributed by atoms with Crippen molar-refractivity contribution in [1.29, 1.82) is 0 Å². The van der Waals surface area contributed by atoms with Crippen molar-refractivity contribution in [2.75, 3.05) is 19.8 Å². The van der Waals surface area contributed by atoms with Gasteiger partial charge < -0.3 is 20.3 Å². The Hall–Kier alpha value is -2.08. The minimum absolute atomic E-state index is 0.0739. The fraction of sp³-hybridized carbons (Fsp3) is 0.467. The molecular formula is C15H19NO5. The molecule has 1 aliphatic heterocycles. The minimum Gasteiger partial charge on any atom is -0.508 e. The first-order chi connectivity index (χ1) is 9.94. The van der Waals surface area contributed by atoms with Gasteiger partial charge in [-0.3, -0.25) is 9.59 Å². The van der Waals surface area contributed by atoms with Gasteiger partial charge in [-0.2, -0.15) is 0 Å². The van der Waals surface area contributed by atoms with Crippen molar-refractivity contribution in [2.45, 2.75) is 19.8 Å². The van der Waals surface area contributed by atoms with Gasteiger partial charge in [0.25, 0.3) is 5.91 Å². The number of carboxylic acid groups (broad SMARTS) is 1. The van der Waals surface area contributed by atoms with Crippen LogP contribution in [-0.4, -0.2) is 41.8 Å². The number of rotatable bonds is 4. The number of phenolic OH excluding ortho intramolecular Hbond substituents is 1. The standard InChI is InChI=1S/C15H19NO5/c1-10-8-11(2-3-12(10)17)13(18)16-9-15(14(19)20)4-6-21-7-5-15/h2-3,8,17H,4-7,9H2,1H3,(H,16,18)(H,19,20). The molecule has 0 spiro atoms. The van der Waals surface area contributed by atoms with Crippen LogP contribution in [0.4, 0.5) is 0 Å². The highest BCUT2D eigenvalue weighted by atomic mass is 16.5. The van der Waals surface area contributed by atoms with Crippen LogP contribution in [0, 0.1) is 12.3 Å². The van der Waals surface area contributed by atoms with E-state index >= 15 is 0 Å². The lowest BCUT2D eigenvalue weighted by atomic mass is 9.80. The van der Waals surface area contributed by atoms with E-state index in [0.29, 0.717) is 37.2 Å². The molecule has 0 bridgehead atoms. The summed E-state index contributed by atoms with van der Waals surface area (Å²) in [6.07, 6.45) is 0.772. The maximum Gasteiger partial charge on any atom is 0.311 e. The van der Waals surface area contributed by atoms with E-state index in [1.54, 1.807) is 13.0 Å². The lowest BCUT2D eigenvalue weighted by Crippen LogP contribution is -2.46. The quantitative estimate of drug-likeness (QED) is 0.778. The summed E-state index contributed by atoms with van der Waals surface area (Å²) in [5.74, 6) is -1.13. The van der Waals surface area contributed by atoms with Crippen molar-refractivity contribution in [1.82, 2.24) is 5.32 Å². The Bertz CT molecular complexity index is 549. The van der Waals surface area contributed by atoms with Gasteiger partial charge in [0.15, 0.2) is 0 Å². The third kappa shape index (κ3) is 3.33. The number of ether oxygens (including phenoxy) is 1. The molecule has 1 aliphatic rings. The first-order valence-corrected chi connectivity index (χ1v) is 6.84. The average molecular weight is 293 g/mol. The van der Waals surface area contributed by atoms with Crippen molar-refractivity contribution in [3.63, 3.8) is 0 Å². The predicted molar refractivity (Wildman–Crippen MR) is 75.3 cm³/mol. The van der Waals surface area contributed by atoms with Crippen molar-refractivity contribution in [2.24, 2.45) is 5.41 Å². The van der Waals surface area contributed by atoms with Gasteiger partial charge in [0, 0.05) is 25.3 Å². The zero-order valence-electron chi connectivity index (χ0n) is 11.9. The van der Waals surface area contributed by atoms with Gasteiger partial charge in [-0.25, -0.2) is 0 Å². The Morgan fingerprint density at radius 3 is 2.57 bits per heavy atom. The minimum atomic E-state index is -0.958. The van der Waals surface area contributed by atoms with Crippen molar-refractivity contribution < 1.29 is 24.5 Å². The van der Waals surface area contributed by atoms with Crippen LogP contribution in [0.15, 0.2) is 18.2 Å². The van der Waals surface area contributed by atoms with Crippen LogP contribution in [0.5, 0.6) is 5.75 Å². The zero-order valence-corrected chi connectivity index (χ0v) is 11.9. The summed E-state index contributed by atoms with van der Waals surface area (Å²) >= 11 is 0. The molecule has 2 rings (SSSR count). The Kier molecular flexibility index (Phi) is 4.47. The van der Waals surface area contributed by atoms with E-state index in [4.69, 9.17) is 4.74 Å². The first-order valence-electron chi connectivity index (χ1n) is 6.84. The molecule has 6 heteroatoms.